The zero-order chi connectivity index (χ0) is 19.1. The number of aliphatic imine (C=N–C) groups is 1. The quantitative estimate of drug-likeness (QED) is 0.445. The number of H-pyrrole nitrogens is 1. The van der Waals surface area contributed by atoms with E-state index in [1.807, 2.05) is 31.3 Å². The maximum absolute atomic E-state index is 4.71. The molecule has 3 aromatic rings. The highest BCUT2D eigenvalue weighted by molar-refractivity contribution is 5.83. The molecule has 0 fully saturated rings. The van der Waals surface area contributed by atoms with Gasteiger partial charge in [0, 0.05) is 50.5 Å². The molecule has 0 bridgehead atoms. The summed E-state index contributed by atoms with van der Waals surface area (Å²) >= 11 is 0. The van der Waals surface area contributed by atoms with Crippen molar-refractivity contribution < 1.29 is 0 Å². The standard InChI is InChI=1S/C21H28N6/c1-4-22-21(26-14-16-9-11-23-20(13-16)27(2)3)24-12-10-17-15-25-19-8-6-5-7-18(17)19/h5-9,11,13,15,25H,4,10,12,14H2,1-3H3,(H2,22,24,26). The fraction of sp³-hybridized carbons (Fsp3) is 0.333. The normalized spacial score (nSPS) is 11.6. The lowest BCUT2D eigenvalue weighted by atomic mass is 10.1. The number of nitrogens with one attached hydrogen (secondary N) is 3. The van der Waals surface area contributed by atoms with Gasteiger partial charge in [-0.15, -0.1) is 0 Å². The molecule has 3 N–H and O–H groups in total. The number of para-hydroxylation sites is 1. The number of nitrogens with zero attached hydrogens (tertiary/aromatic N) is 3. The molecule has 0 saturated heterocycles. The third-order valence-corrected chi connectivity index (χ3v) is 4.39. The largest absolute Gasteiger partial charge is 0.363 e. The number of hydrogen-bond acceptors (Lipinski definition) is 3. The van der Waals surface area contributed by atoms with Gasteiger partial charge in [-0.3, -0.25) is 0 Å². The van der Waals surface area contributed by atoms with E-state index in [9.17, 15) is 0 Å². The molecule has 1 aromatic carbocycles. The van der Waals surface area contributed by atoms with Crippen LogP contribution < -0.4 is 15.5 Å². The van der Waals surface area contributed by atoms with E-state index < -0.39 is 0 Å². The summed E-state index contributed by atoms with van der Waals surface area (Å²) in [6.07, 6.45) is 4.86. The Labute approximate surface area is 160 Å². The fourth-order valence-electron chi connectivity index (χ4n) is 2.97. The molecular weight excluding hydrogens is 336 g/mol. The summed E-state index contributed by atoms with van der Waals surface area (Å²) in [5.41, 5.74) is 3.64. The third kappa shape index (κ3) is 5.00. The lowest BCUT2D eigenvalue weighted by molar-refractivity contribution is 0.801. The maximum atomic E-state index is 4.71. The Balaban J connectivity index is 1.60. The van der Waals surface area contributed by atoms with Crippen LogP contribution in [0.2, 0.25) is 0 Å². The van der Waals surface area contributed by atoms with E-state index in [4.69, 9.17) is 4.99 Å². The van der Waals surface area contributed by atoms with E-state index in [0.717, 1.165) is 36.9 Å². The highest BCUT2D eigenvalue weighted by Crippen LogP contribution is 2.17. The number of anilines is 1. The number of guanidine groups is 1. The minimum absolute atomic E-state index is 0.617. The zero-order valence-corrected chi connectivity index (χ0v) is 16.3. The Bertz CT molecular complexity index is 896. The fourth-order valence-corrected chi connectivity index (χ4v) is 2.97. The molecule has 0 atom stereocenters. The molecule has 0 aliphatic heterocycles. The predicted molar refractivity (Wildman–Crippen MR) is 113 cm³/mol. The van der Waals surface area contributed by atoms with Gasteiger partial charge in [-0.05, 0) is 42.7 Å². The van der Waals surface area contributed by atoms with Crippen molar-refractivity contribution in [3.8, 4) is 0 Å². The van der Waals surface area contributed by atoms with E-state index >= 15 is 0 Å². The van der Waals surface area contributed by atoms with Gasteiger partial charge in [0.05, 0.1) is 6.54 Å². The first-order chi connectivity index (χ1) is 13.2. The van der Waals surface area contributed by atoms with Crippen LogP contribution in [0, 0.1) is 0 Å². The van der Waals surface area contributed by atoms with Crippen LogP contribution in [0.3, 0.4) is 0 Å². The zero-order valence-electron chi connectivity index (χ0n) is 16.3. The van der Waals surface area contributed by atoms with Gasteiger partial charge in [-0.2, -0.15) is 0 Å². The van der Waals surface area contributed by atoms with Crippen molar-refractivity contribution in [3.05, 3.63) is 59.9 Å². The summed E-state index contributed by atoms with van der Waals surface area (Å²) in [6, 6.07) is 12.5. The molecular formula is C21H28N6. The summed E-state index contributed by atoms with van der Waals surface area (Å²) in [7, 11) is 3.98. The summed E-state index contributed by atoms with van der Waals surface area (Å²) < 4.78 is 0. The van der Waals surface area contributed by atoms with Crippen LogP contribution in [0.1, 0.15) is 18.1 Å². The Hall–Kier alpha value is -3.02. The van der Waals surface area contributed by atoms with Crippen molar-refractivity contribution in [1.29, 1.82) is 0 Å². The highest BCUT2D eigenvalue weighted by Gasteiger charge is 2.04. The van der Waals surface area contributed by atoms with Crippen LogP contribution in [0.5, 0.6) is 0 Å². The summed E-state index contributed by atoms with van der Waals surface area (Å²) in [5.74, 6) is 1.78. The molecule has 6 heteroatoms. The molecule has 0 saturated carbocycles. The van der Waals surface area contributed by atoms with Crippen LogP contribution in [0.4, 0.5) is 5.82 Å². The molecule has 0 aliphatic carbocycles. The van der Waals surface area contributed by atoms with E-state index in [-0.39, 0.29) is 0 Å². The molecule has 6 nitrogen and oxygen atoms in total. The number of rotatable bonds is 7. The minimum atomic E-state index is 0.617. The summed E-state index contributed by atoms with van der Waals surface area (Å²) in [5, 5.41) is 8.03. The summed E-state index contributed by atoms with van der Waals surface area (Å²) in [6.45, 7) is 4.35. The van der Waals surface area contributed by atoms with E-state index in [1.54, 1.807) is 0 Å². The van der Waals surface area contributed by atoms with E-state index in [0.29, 0.717) is 6.54 Å². The average Bonchev–Trinajstić information content (AvgIpc) is 3.09. The Morgan fingerprint density at radius 3 is 2.85 bits per heavy atom. The molecule has 0 aliphatic rings. The molecule has 142 valence electrons. The van der Waals surface area contributed by atoms with Crippen molar-refractivity contribution in [2.24, 2.45) is 4.99 Å². The average molecular weight is 364 g/mol. The topological polar surface area (TPSA) is 68.3 Å². The number of aromatic amines is 1. The number of aromatic nitrogens is 2. The molecule has 27 heavy (non-hydrogen) atoms. The Morgan fingerprint density at radius 2 is 2.04 bits per heavy atom. The number of hydrogen-bond donors (Lipinski definition) is 3. The molecule has 0 amide bonds. The molecule has 0 unspecified atom stereocenters. The lowest BCUT2D eigenvalue weighted by Gasteiger charge is -2.13. The van der Waals surface area contributed by atoms with E-state index in [2.05, 4.69) is 64.1 Å². The number of fused-ring (bicyclic) bond motifs is 1. The monoisotopic (exact) mass is 364 g/mol. The van der Waals surface area contributed by atoms with Gasteiger partial charge in [0.1, 0.15) is 5.82 Å². The van der Waals surface area contributed by atoms with Crippen molar-refractivity contribution >= 4 is 22.7 Å². The molecule has 0 radical (unpaired) electrons. The Kier molecular flexibility index (Phi) is 6.30. The van der Waals surface area contributed by atoms with Crippen LogP contribution in [-0.2, 0) is 13.0 Å². The number of pyridine rings is 1. The van der Waals surface area contributed by atoms with Gasteiger partial charge in [0.25, 0.3) is 0 Å². The third-order valence-electron chi connectivity index (χ3n) is 4.39. The molecule has 2 heterocycles. The first-order valence-electron chi connectivity index (χ1n) is 9.37. The summed E-state index contributed by atoms with van der Waals surface area (Å²) in [4.78, 5) is 14.4. The SMILES string of the molecule is CCNC(=NCc1ccnc(N(C)C)c1)NCCc1c[nH]c2ccccc12. The second-order valence-corrected chi connectivity index (χ2v) is 6.65. The second kappa shape index (κ2) is 9.07. The van der Waals surface area contributed by atoms with Gasteiger partial charge in [0.15, 0.2) is 5.96 Å². The highest BCUT2D eigenvalue weighted by atomic mass is 15.2. The smallest absolute Gasteiger partial charge is 0.191 e. The van der Waals surface area contributed by atoms with Crippen LogP contribution in [0.15, 0.2) is 53.8 Å². The molecule has 2 aromatic heterocycles. The van der Waals surface area contributed by atoms with Gasteiger partial charge in [-0.25, -0.2) is 9.98 Å². The van der Waals surface area contributed by atoms with Gasteiger partial charge < -0.3 is 20.5 Å². The minimum Gasteiger partial charge on any atom is -0.363 e. The van der Waals surface area contributed by atoms with Gasteiger partial charge in [-0.1, -0.05) is 18.2 Å². The number of benzene rings is 1. The molecule has 0 spiro atoms. The van der Waals surface area contributed by atoms with Gasteiger partial charge >= 0.3 is 0 Å². The second-order valence-electron chi connectivity index (χ2n) is 6.65. The predicted octanol–water partition coefficient (Wildman–Crippen LogP) is 2.93. The van der Waals surface area contributed by atoms with Gasteiger partial charge in [0.2, 0.25) is 0 Å². The van der Waals surface area contributed by atoms with E-state index in [1.165, 1.54) is 16.5 Å². The van der Waals surface area contributed by atoms with Crippen LogP contribution in [-0.4, -0.2) is 43.1 Å². The Morgan fingerprint density at radius 1 is 1.19 bits per heavy atom. The molecule has 3 rings (SSSR count). The van der Waals surface area contributed by atoms with Crippen molar-refractivity contribution in [2.45, 2.75) is 19.9 Å². The first-order valence-corrected chi connectivity index (χ1v) is 9.37. The van der Waals surface area contributed by atoms with Crippen molar-refractivity contribution in [1.82, 2.24) is 20.6 Å². The maximum Gasteiger partial charge on any atom is 0.191 e. The van der Waals surface area contributed by atoms with Crippen LogP contribution in [0.25, 0.3) is 10.9 Å². The van der Waals surface area contributed by atoms with Crippen LogP contribution >= 0.6 is 0 Å². The first kappa shape index (κ1) is 18.8. The lowest BCUT2D eigenvalue weighted by Crippen LogP contribution is -2.38. The van der Waals surface area contributed by atoms with Crippen molar-refractivity contribution in [3.63, 3.8) is 0 Å². The van der Waals surface area contributed by atoms with Crippen molar-refractivity contribution in [2.75, 3.05) is 32.1 Å².